The molecule has 1 aliphatic rings. The van der Waals surface area contributed by atoms with Crippen LogP contribution in [-0.2, 0) is 11.2 Å². The van der Waals surface area contributed by atoms with Crippen molar-refractivity contribution in [2.24, 2.45) is 0 Å². The first-order valence-corrected chi connectivity index (χ1v) is 7.78. The van der Waals surface area contributed by atoms with Gasteiger partial charge in [0.15, 0.2) is 0 Å². The number of amides is 1. The van der Waals surface area contributed by atoms with Crippen LogP contribution in [0.3, 0.4) is 0 Å². The molecule has 1 atom stereocenters. The van der Waals surface area contributed by atoms with Gasteiger partial charge in [0.2, 0.25) is 5.91 Å². The minimum absolute atomic E-state index is 0.0540. The van der Waals surface area contributed by atoms with Crippen LogP contribution in [0.15, 0.2) is 28.9 Å². The Bertz CT molecular complexity index is 699. The van der Waals surface area contributed by atoms with Gasteiger partial charge < -0.3 is 9.73 Å². The van der Waals surface area contributed by atoms with E-state index in [0.717, 1.165) is 22.1 Å². The Kier molecular flexibility index (Phi) is 4.61. The average Bonchev–Trinajstić information content (AvgIpc) is 3.05. The number of likely N-dealkylation sites (tertiary alicyclic amines) is 1. The lowest BCUT2D eigenvalue weighted by molar-refractivity contribution is -0.121. The number of halogens is 2. The minimum Gasteiger partial charge on any atom is -0.464 e. The third kappa shape index (κ3) is 3.88. The van der Waals surface area contributed by atoms with Crippen LogP contribution in [0.25, 0.3) is 11.0 Å². The number of carbonyl (C=O) groups excluding carboxylic acids is 1. The van der Waals surface area contributed by atoms with Crippen LogP contribution in [0.5, 0.6) is 0 Å². The van der Waals surface area contributed by atoms with Crippen molar-refractivity contribution in [1.29, 1.82) is 0 Å². The number of aryl methyl sites for hydroxylation is 1. The molecule has 1 aliphatic heterocycles. The molecule has 23 heavy (non-hydrogen) atoms. The van der Waals surface area contributed by atoms with Crippen molar-refractivity contribution in [3.8, 4) is 0 Å². The van der Waals surface area contributed by atoms with E-state index in [1.54, 1.807) is 11.2 Å². The molecule has 1 N–H and O–H groups in total. The summed E-state index contributed by atoms with van der Waals surface area (Å²) in [5.41, 5.74) is 2.73. The third-order valence-corrected chi connectivity index (χ3v) is 4.20. The van der Waals surface area contributed by atoms with Gasteiger partial charge in [-0.1, -0.05) is 12.1 Å². The molecule has 1 saturated heterocycles. The number of benzene rings is 1. The summed E-state index contributed by atoms with van der Waals surface area (Å²) >= 11 is 0. The predicted octanol–water partition coefficient (Wildman–Crippen LogP) is 2.74. The van der Waals surface area contributed by atoms with Crippen LogP contribution in [0.1, 0.15) is 17.5 Å². The van der Waals surface area contributed by atoms with Crippen molar-refractivity contribution in [2.75, 3.05) is 19.6 Å². The number of hydrogen-bond donors (Lipinski definition) is 1. The summed E-state index contributed by atoms with van der Waals surface area (Å²) in [5.74, 6) is -0.0998. The molecular formula is C17H20F2N2O2. The zero-order valence-electron chi connectivity index (χ0n) is 13.0. The number of alkyl halides is 2. The molecule has 1 unspecified atom stereocenters. The van der Waals surface area contributed by atoms with Crippen molar-refractivity contribution in [2.45, 2.75) is 32.2 Å². The Morgan fingerprint density at radius 1 is 1.48 bits per heavy atom. The summed E-state index contributed by atoms with van der Waals surface area (Å²) in [6, 6.07) is 5.83. The maximum absolute atomic E-state index is 12.4. The van der Waals surface area contributed by atoms with E-state index in [1.165, 1.54) is 0 Å². The molecule has 0 saturated carbocycles. The Labute approximate surface area is 133 Å². The smallest absolute Gasteiger partial charge is 0.251 e. The van der Waals surface area contributed by atoms with Gasteiger partial charge in [-0.25, -0.2) is 8.78 Å². The Hall–Kier alpha value is -1.95. The lowest BCUT2D eigenvalue weighted by Crippen LogP contribution is -2.38. The van der Waals surface area contributed by atoms with Crippen LogP contribution >= 0.6 is 0 Å². The quantitative estimate of drug-likeness (QED) is 0.921. The van der Waals surface area contributed by atoms with Crippen molar-refractivity contribution in [3.63, 3.8) is 0 Å². The molecule has 1 aromatic heterocycles. The first-order chi connectivity index (χ1) is 11.0. The van der Waals surface area contributed by atoms with Crippen LogP contribution in [0.4, 0.5) is 8.78 Å². The number of nitrogens with zero attached hydrogens (tertiary/aromatic N) is 1. The van der Waals surface area contributed by atoms with Crippen molar-refractivity contribution >= 4 is 16.9 Å². The van der Waals surface area contributed by atoms with Gasteiger partial charge in [0.1, 0.15) is 5.58 Å². The van der Waals surface area contributed by atoms with E-state index >= 15 is 0 Å². The zero-order chi connectivity index (χ0) is 16.4. The van der Waals surface area contributed by atoms with E-state index in [4.69, 9.17) is 4.42 Å². The summed E-state index contributed by atoms with van der Waals surface area (Å²) in [4.78, 5) is 13.9. The Morgan fingerprint density at radius 3 is 3.09 bits per heavy atom. The van der Waals surface area contributed by atoms with Crippen molar-refractivity contribution < 1.29 is 18.0 Å². The van der Waals surface area contributed by atoms with Gasteiger partial charge in [-0.2, -0.15) is 0 Å². The van der Waals surface area contributed by atoms with Crippen LogP contribution in [0.2, 0.25) is 0 Å². The fourth-order valence-corrected chi connectivity index (χ4v) is 3.09. The molecule has 1 aromatic carbocycles. The molecule has 3 rings (SSSR count). The summed E-state index contributed by atoms with van der Waals surface area (Å²) in [6.45, 7) is 2.85. The predicted molar refractivity (Wildman–Crippen MR) is 83.6 cm³/mol. The highest BCUT2D eigenvalue weighted by molar-refractivity contribution is 5.88. The van der Waals surface area contributed by atoms with Gasteiger partial charge in [-0.15, -0.1) is 0 Å². The first kappa shape index (κ1) is 15.9. The number of hydrogen-bond acceptors (Lipinski definition) is 3. The lowest BCUT2D eigenvalue weighted by Gasteiger charge is -2.15. The topological polar surface area (TPSA) is 45.5 Å². The summed E-state index contributed by atoms with van der Waals surface area (Å²) in [6.07, 6.45) is 0.234. The maximum Gasteiger partial charge on any atom is 0.251 e. The average molecular weight is 322 g/mol. The fraction of sp³-hybridized carbons (Fsp3) is 0.471. The fourth-order valence-electron chi connectivity index (χ4n) is 3.09. The largest absolute Gasteiger partial charge is 0.464 e. The summed E-state index contributed by atoms with van der Waals surface area (Å²) in [5, 5.41) is 3.87. The summed E-state index contributed by atoms with van der Waals surface area (Å²) < 4.78 is 30.2. The molecule has 2 aromatic rings. The van der Waals surface area contributed by atoms with Crippen LogP contribution in [-0.4, -0.2) is 42.9 Å². The minimum atomic E-state index is -2.33. The number of carbonyl (C=O) groups is 1. The third-order valence-electron chi connectivity index (χ3n) is 4.20. The molecule has 0 radical (unpaired) electrons. The van der Waals surface area contributed by atoms with Crippen molar-refractivity contribution in [1.82, 2.24) is 10.2 Å². The van der Waals surface area contributed by atoms with Gasteiger partial charge in [-0.3, -0.25) is 9.69 Å². The van der Waals surface area contributed by atoms with Gasteiger partial charge >= 0.3 is 0 Å². The van der Waals surface area contributed by atoms with Gasteiger partial charge in [0.25, 0.3) is 6.43 Å². The molecular weight excluding hydrogens is 302 g/mol. The number of nitrogens with one attached hydrogen (secondary N) is 1. The lowest BCUT2D eigenvalue weighted by atomic mass is 10.1. The SMILES string of the molecule is Cc1ccc2c(CC(=O)NC3CCN(CC(F)F)C3)coc2c1. The van der Waals surface area contributed by atoms with Gasteiger partial charge in [0.05, 0.1) is 19.2 Å². The number of furan rings is 1. The van der Waals surface area contributed by atoms with E-state index in [1.807, 2.05) is 25.1 Å². The van der Waals surface area contributed by atoms with E-state index in [2.05, 4.69) is 5.32 Å². The first-order valence-electron chi connectivity index (χ1n) is 7.78. The standard InChI is InChI=1S/C17H20F2N2O2/c1-11-2-3-14-12(10-23-15(14)6-11)7-17(22)20-13-4-5-21(8-13)9-16(18)19/h2-3,6,10,13,16H,4-5,7-9H2,1H3,(H,20,22). The number of rotatable bonds is 5. The van der Waals surface area contributed by atoms with Gasteiger partial charge in [-0.05, 0) is 25.0 Å². The maximum atomic E-state index is 12.4. The Morgan fingerprint density at radius 2 is 2.30 bits per heavy atom. The van der Waals surface area contributed by atoms with Crippen LogP contribution < -0.4 is 5.32 Å². The normalized spacial score (nSPS) is 18.9. The highest BCUT2D eigenvalue weighted by Gasteiger charge is 2.25. The second-order valence-corrected chi connectivity index (χ2v) is 6.14. The van der Waals surface area contributed by atoms with E-state index in [-0.39, 0.29) is 24.9 Å². The highest BCUT2D eigenvalue weighted by Crippen LogP contribution is 2.23. The molecule has 0 spiro atoms. The molecule has 0 aliphatic carbocycles. The summed E-state index contributed by atoms with van der Waals surface area (Å²) in [7, 11) is 0. The molecule has 2 heterocycles. The van der Waals surface area contributed by atoms with Crippen LogP contribution in [0, 0.1) is 6.92 Å². The molecule has 1 fully saturated rings. The Balaban J connectivity index is 1.57. The monoisotopic (exact) mass is 322 g/mol. The van der Waals surface area contributed by atoms with E-state index in [0.29, 0.717) is 19.5 Å². The van der Waals surface area contributed by atoms with Gasteiger partial charge in [0, 0.05) is 30.1 Å². The molecule has 6 heteroatoms. The molecule has 4 nitrogen and oxygen atoms in total. The molecule has 0 bridgehead atoms. The van der Waals surface area contributed by atoms with E-state index in [9.17, 15) is 13.6 Å². The second kappa shape index (κ2) is 6.66. The van der Waals surface area contributed by atoms with E-state index < -0.39 is 6.43 Å². The number of fused-ring (bicyclic) bond motifs is 1. The molecule has 1 amide bonds. The molecule has 124 valence electrons. The highest BCUT2D eigenvalue weighted by atomic mass is 19.3. The zero-order valence-corrected chi connectivity index (χ0v) is 13.0. The van der Waals surface area contributed by atoms with Crippen molar-refractivity contribution in [3.05, 3.63) is 35.6 Å². The second-order valence-electron chi connectivity index (χ2n) is 6.14.